The number of aromatic nitrogens is 2. The standard InChI is InChI=1S/C10H9ClN2O2/c1-13-5-12-8-3-6(10(14)15-2)7(11)4-9(8)13/h3-5H,1-2H3. The van der Waals surface area contributed by atoms with Crippen molar-refractivity contribution in [2.45, 2.75) is 0 Å². The van der Waals surface area contributed by atoms with Crippen molar-refractivity contribution >= 4 is 28.6 Å². The van der Waals surface area contributed by atoms with Crippen LogP contribution >= 0.6 is 11.6 Å². The average Bonchev–Trinajstić information content (AvgIpc) is 2.58. The van der Waals surface area contributed by atoms with Crippen molar-refractivity contribution in [2.24, 2.45) is 7.05 Å². The highest BCUT2D eigenvalue weighted by Crippen LogP contribution is 2.23. The molecule has 0 aliphatic heterocycles. The number of rotatable bonds is 1. The van der Waals surface area contributed by atoms with Crippen molar-refractivity contribution in [1.29, 1.82) is 0 Å². The largest absolute Gasteiger partial charge is 0.465 e. The highest BCUT2D eigenvalue weighted by Gasteiger charge is 2.13. The van der Waals surface area contributed by atoms with Crippen molar-refractivity contribution < 1.29 is 9.53 Å². The molecule has 0 aliphatic rings. The van der Waals surface area contributed by atoms with E-state index in [1.165, 1.54) is 7.11 Å². The fourth-order valence-electron chi connectivity index (χ4n) is 1.41. The zero-order valence-electron chi connectivity index (χ0n) is 8.32. The summed E-state index contributed by atoms with van der Waals surface area (Å²) in [6, 6.07) is 3.33. The number of ether oxygens (including phenoxy) is 1. The summed E-state index contributed by atoms with van der Waals surface area (Å²) in [5.74, 6) is -0.451. The van der Waals surface area contributed by atoms with Crippen LogP contribution < -0.4 is 0 Å². The molecular formula is C10H9ClN2O2. The second-order valence-corrected chi connectivity index (χ2v) is 3.58. The molecule has 0 radical (unpaired) electrons. The second-order valence-electron chi connectivity index (χ2n) is 3.17. The van der Waals surface area contributed by atoms with Gasteiger partial charge in [0.2, 0.25) is 0 Å². The summed E-state index contributed by atoms with van der Waals surface area (Å²) in [6.45, 7) is 0. The maximum absolute atomic E-state index is 11.3. The van der Waals surface area contributed by atoms with Gasteiger partial charge in [0.1, 0.15) is 0 Å². The van der Waals surface area contributed by atoms with Gasteiger partial charge < -0.3 is 9.30 Å². The first-order valence-corrected chi connectivity index (χ1v) is 4.70. The predicted molar refractivity (Wildman–Crippen MR) is 57.1 cm³/mol. The maximum Gasteiger partial charge on any atom is 0.339 e. The van der Waals surface area contributed by atoms with Gasteiger partial charge in [-0.2, -0.15) is 0 Å². The van der Waals surface area contributed by atoms with E-state index in [9.17, 15) is 4.79 Å². The molecule has 2 aromatic rings. The highest BCUT2D eigenvalue weighted by atomic mass is 35.5. The first-order valence-electron chi connectivity index (χ1n) is 4.32. The van der Waals surface area contributed by atoms with Crippen LogP contribution in [0.5, 0.6) is 0 Å². The maximum atomic E-state index is 11.3. The molecule has 0 spiro atoms. The van der Waals surface area contributed by atoms with Crippen LogP contribution in [0.15, 0.2) is 18.5 Å². The Morgan fingerprint density at radius 1 is 1.53 bits per heavy atom. The topological polar surface area (TPSA) is 44.1 Å². The van der Waals surface area contributed by atoms with Crippen LogP contribution in [0.1, 0.15) is 10.4 Å². The molecule has 0 unspecified atom stereocenters. The van der Waals surface area contributed by atoms with E-state index in [0.717, 1.165) is 11.0 Å². The lowest BCUT2D eigenvalue weighted by molar-refractivity contribution is 0.0601. The summed E-state index contributed by atoms with van der Waals surface area (Å²) >= 11 is 5.96. The molecule has 0 amide bonds. The van der Waals surface area contributed by atoms with E-state index in [2.05, 4.69) is 9.72 Å². The number of halogens is 1. The quantitative estimate of drug-likeness (QED) is 0.696. The third-order valence-corrected chi connectivity index (χ3v) is 2.53. The van der Waals surface area contributed by atoms with Crippen LogP contribution in [0.25, 0.3) is 11.0 Å². The van der Waals surface area contributed by atoms with Crippen LogP contribution in [0.2, 0.25) is 5.02 Å². The number of nitrogens with zero attached hydrogens (tertiary/aromatic N) is 2. The van der Waals surface area contributed by atoms with Crippen LogP contribution in [0.3, 0.4) is 0 Å². The van der Waals surface area contributed by atoms with Crippen molar-refractivity contribution in [3.63, 3.8) is 0 Å². The van der Waals surface area contributed by atoms with E-state index in [1.54, 1.807) is 18.5 Å². The zero-order chi connectivity index (χ0) is 11.0. The molecule has 1 heterocycles. The molecule has 15 heavy (non-hydrogen) atoms. The third kappa shape index (κ3) is 1.57. The molecule has 0 aliphatic carbocycles. The summed E-state index contributed by atoms with van der Waals surface area (Å²) in [4.78, 5) is 15.5. The number of methoxy groups -OCH3 is 1. The average molecular weight is 225 g/mol. The SMILES string of the molecule is COC(=O)c1cc2ncn(C)c2cc1Cl. The fourth-order valence-corrected chi connectivity index (χ4v) is 1.65. The summed E-state index contributed by atoms with van der Waals surface area (Å²) < 4.78 is 6.45. The molecule has 0 saturated carbocycles. The summed E-state index contributed by atoms with van der Waals surface area (Å²) in [6.07, 6.45) is 1.67. The lowest BCUT2D eigenvalue weighted by Gasteiger charge is -2.02. The molecule has 2 rings (SSSR count). The van der Waals surface area contributed by atoms with Gasteiger partial charge in [-0.1, -0.05) is 11.6 Å². The van der Waals surface area contributed by atoms with Gasteiger partial charge in [-0.15, -0.1) is 0 Å². The van der Waals surface area contributed by atoms with Crippen molar-refractivity contribution in [1.82, 2.24) is 9.55 Å². The first kappa shape index (κ1) is 9.98. The smallest absolute Gasteiger partial charge is 0.339 e. The number of carbonyl (C=O) groups is 1. The Bertz CT molecular complexity index is 533. The molecule has 1 aromatic heterocycles. The predicted octanol–water partition coefficient (Wildman–Crippen LogP) is 2.01. The lowest BCUT2D eigenvalue weighted by atomic mass is 10.2. The Balaban J connectivity index is 2.68. The minimum atomic E-state index is -0.451. The Kier molecular flexibility index (Phi) is 2.36. The van der Waals surface area contributed by atoms with Crippen molar-refractivity contribution in [3.05, 3.63) is 29.0 Å². The fraction of sp³-hybridized carbons (Fsp3) is 0.200. The minimum absolute atomic E-state index is 0.338. The van der Waals surface area contributed by atoms with Crippen LogP contribution in [-0.4, -0.2) is 22.6 Å². The number of carbonyl (C=O) groups excluding carboxylic acids is 1. The van der Waals surface area contributed by atoms with Crippen molar-refractivity contribution in [2.75, 3.05) is 7.11 Å². The van der Waals surface area contributed by atoms with Crippen LogP contribution in [0.4, 0.5) is 0 Å². The molecular weight excluding hydrogens is 216 g/mol. The Hall–Kier alpha value is -1.55. The second kappa shape index (κ2) is 3.55. The van der Waals surface area contributed by atoms with E-state index in [1.807, 2.05) is 11.6 Å². The highest BCUT2D eigenvalue weighted by molar-refractivity contribution is 6.34. The molecule has 0 N–H and O–H groups in total. The molecule has 5 heteroatoms. The monoisotopic (exact) mass is 224 g/mol. The van der Waals surface area contributed by atoms with E-state index >= 15 is 0 Å². The van der Waals surface area contributed by atoms with E-state index in [4.69, 9.17) is 11.6 Å². The Labute approximate surface area is 91.4 Å². The van der Waals surface area contributed by atoms with Gasteiger partial charge in [-0.3, -0.25) is 0 Å². The van der Waals surface area contributed by atoms with Gasteiger partial charge in [0.15, 0.2) is 0 Å². The number of imidazole rings is 1. The molecule has 0 bridgehead atoms. The third-order valence-electron chi connectivity index (χ3n) is 2.22. The number of esters is 1. The van der Waals surface area contributed by atoms with Gasteiger partial charge in [-0.05, 0) is 12.1 Å². The van der Waals surface area contributed by atoms with Crippen molar-refractivity contribution in [3.8, 4) is 0 Å². The number of benzene rings is 1. The molecule has 1 aromatic carbocycles. The number of hydrogen-bond donors (Lipinski definition) is 0. The van der Waals surface area contributed by atoms with Gasteiger partial charge in [0.25, 0.3) is 0 Å². The van der Waals surface area contributed by atoms with E-state index < -0.39 is 5.97 Å². The minimum Gasteiger partial charge on any atom is -0.465 e. The summed E-state index contributed by atoms with van der Waals surface area (Å²) in [7, 11) is 3.19. The molecule has 0 saturated heterocycles. The molecule has 4 nitrogen and oxygen atoms in total. The Morgan fingerprint density at radius 3 is 2.93 bits per heavy atom. The van der Waals surface area contributed by atoms with Gasteiger partial charge in [-0.25, -0.2) is 9.78 Å². The molecule has 78 valence electrons. The zero-order valence-corrected chi connectivity index (χ0v) is 9.08. The molecule has 0 fully saturated rings. The normalized spacial score (nSPS) is 10.6. The number of aryl methyl sites for hydroxylation is 1. The van der Waals surface area contributed by atoms with Gasteiger partial charge in [0, 0.05) is 7.05 Å². The van der Waals surface area contributed by atoms with E-state index in [-0.39, 0.29) is 0 Å². The van der Waals surface area contributed by atoms with E-state index in [0.29, 0.717) is 10.6 Å². The molecule has 0 atom stereocenters. The van der Waals surface area contributed by atoms with Crippen LogP contribution in [-0.2, 0) is 11.8 Å². The summed E-state index contributed by atoms with van der Waals surface area (Å²) in [5.41, 5.74) is 1.94. The lowest BCUT2D eigenvalue weighted by Crippen LogP contribution is -2.02. The van der Waals surface area contributed by atoms with Gasteiger partial charge >= 0.3 is 5.97 Å². The first-order chi connectivity index (χ1) is 7.13. The number of hydrogen-bond acceptors (Lipinski definition) is 3. The number of fused-ring (bicyclic) bond motifs is 1. The van der Waals surface area contributed by atoms with Gasteiger partial charge in [0.05, 0.1) is 35.1 Å². The Morgan fingerprint density at radius 2 is 2.27 bits per heavy atom. The summed E-state index contributed by atoms with van der Waals surface area (Å²) in [5, 5.41) is 0.373. The van der Waals surface area contributed by atoms with Crippen LogP contribution in [0, 0.1) is 0 Å².